The van der Waals surface area contributed by atoms with Crippen molar-refractivity contribution in [2.45, 2.75) is 6.18 Å². The van der Waals surface area contributed by atoms with Gasteiger partial charge in [-0.2, -0.15) is 23.0 Å². The Labute approximate surface area is 147 Å². The van der Waals surface area contributed by atoms with Crippen LogP contribution in [0.4, 0.5) is 18.9 Å². The van der Waals surface area contributed by atoms with Gasteiger partial charge in [-0.25, -0.2) is 14.8 Å². The van der Waals surface area contributed by atoms with Crippen molar-refractivity contribution in [1.29, 1.82) is 0 Å². The van der Waals surface area contributed by atoms with Crippen LogP contribution in [0.3, 0.4) is 0 Å². The van der Waals surface area contributed by atoms with Crippen molar-refractivity contribution in [3.8, 4) is 17.4 Å². The van der Waals surface area contributed by atoms with Gasteiger partial charge in [-0.15, -0.1) is 0 Å². The Morgan fingerprint density at radius 1 is 1.37 bits per heavy atom. The van der Waals surface area contributed by atoms with Crippen LogP contribution in [0.2, 0.25) is 0 Å². The third kappa shape index (κ3) is 3.47. The third-order valence-corrected chi connectivity index (χ3v) is 3.25. The van der Waals surface area contributed by atoms with E-state index < -0.39 is 40.1 Å². The monoisotopic (exact) mass is 383 g/mol. The number of ether oxygens (including phenoxy) is 1. The number of carbonyl (C=O) groups excluding carboxylic acids is 1. The lowest BCUT2D eigenvalue weighted by atomic mass is 10.2. The molecular formula is C14H8F3N5O5. The molecule has 3 aromatic rings. The highest BCUT2D eigenvalue weighted by atomic mass is 19.4. The Morgan fingerprint density at radius 2 is 2.11 bits per heavy atom. The standard InChI is InChI=1S/C14H8F3N5O5/c1-26-12(23)11-8(22(24)25)6-21(20-11)13-18-7(9-3-2-4-27-9)5-10(19-13)14(15,16)17/h2-6H,1H3. The van der Waals surface area contributed by atoms with E-state index in [1.807, 2.05) is 0 Å². The molecule has 3 heterocycles. The largest absolute Gasteiger partial charge is 0.464 e. The number of esters is 1. The van der Waals surface area contributed by atoms with E-state index in [9.17, 15) is 28.1 Å². The number of aromatic nitrogens is 4. The van der Waals surface area contributed by atoms with Gasteiger partial charge in [-0.1, -0.05) is 0 Å². The van der Waals surface area contributed by atoms with Crippen molar-refractivity contribution < 1.29 is 32.0 Å². The summed E-state index contributed by atoms with van der Waals surface area (Å²) in [6.07, 6.45) is -2.88. The van der Waals surface area contributed by atoms with E-state index in [0.29, 0.717) is 16.9 Å². The van der Waals surface area contributed by atoms with Gasteiger partial charge in [-0.3, -0.25) is 10.1 Å². The molecule has 27 heavy (non-hydrogen) atoms. The molecule has 3 rings (SSSR count). The maximum absolute atomic E-state index is 13.2. The summed E-state index contributed by atoms with van der Waals surface area (Å²) in [5.74, 6) is -1.77. The Kier molecular flexibility index (Phi) is 4.35. The first-order valence-corrected chi connectivity index (χ1v) is 7.03. The summed E-state index contributed by atoms with van der Waals surface area (Å²) in [6, 6.07) is 3.47. The summed E-state index contributed by atoms with van der Waals surface area (Å²) < 4.78 is 49.5. The second-order valence-electron chi connectivity index (χ2n) is 4.97. The highest BCUT2D eigenvalue weighted by molar-refractivity contribution is 5.91. The van der Waals surface area contributed by atoms with Gasteiger partial charge in [0.25, 0.3) is 5.95 Å². The van der Waals surface area contributed by atoms with Gasteiger partial charge in [0.1, 0.15) is 11.9 Å². The van der Waals surface area contributed by atoms with Crippen LogP contribution in [-0.4, -0.2) is 37.8 Å². The molecule has 140 valence electrons. The fraction of sp³-hybridized carbons (Fsp3) is 0.143. The van der Waals surface area contributed by atoms with Gasteiger partial charge in [-0.05, 0) is 18.2 Å². The van der Waals surface area contributed by atoms with Gasteiger partial charge < -0.3 is 9.15 Å². The number of nitrogens with zero attached hydrogens (tertiary/aromatic N) is 5. The smallest absolute Gasteiger partial charge is 0.433 e. The van der Waals surface area contributed by atoms with Crippen molar-refractivity contribution in [3.63, 3.8) is 0 Å². The lowest BCUT2D eigenvalue weighted by Crippen LogP contribution is -2.13. The summed E-state index contributed by atoms with van der Waals surface area (Å²) in [5.41, 5.74) is -3.03. The van der Waals surface area contributed by atoms with Gasteiger partial charge in [0.15, 0.2) is 11.5 Å². The minimum absolute atomic E-state index is 0.0130. The summed E-state index contributed by atoms with van der Waals surface area (Å²) in [4.78, 5) is 29.0. The molecule has 13 heteroatoms. The van der Waals surface area contributed by atoms with E-state index in [1.165, 1.54) is 18.4 Å². The number of rotatable bonds is 4. The average molecular weight is 383 g/mol. The van der Waals surface area contributed by atoms with Gasteiger partial charge in [0.2, 0.25) is 5.69 Å². The normalized spacial score (nSPS) is 11.4. The van der Waals surface area contributed by atoms with Gasteiger partial charge >= 0.3 is 17.8 Å². The molecule has 0 aliphatic rings. The third-order valence-electron chi connectivity index (χ3n) is 3.25. The van der Waals surface area contributed by atoms with E-state index in [4.69, 9.17) is 4.42 Å². The number of hydrogen-bond acceptors (Lipinski definition) is 8. The Bertz CT molecular complexity index is 1010. The van der Waals surface area contributed by atoms with Crippen molar-refractivity contribution in [1.82, 2.24) is 19.7 Å². The predicted octanol–water partition coefficient (Wildman–Crippen LogP) is 2.64. The fourth-order valence-corrected chi connectivity index (χ4v) is 2.08. The quantitative estimate of drug-likeness (QED) is 0.382. The minimum atomic E-state index is -4.83. The molecule has 10 nitrogen and oxygen atoms in total. The molecular weight excluding hydrogens is 375 g/mol. The SMILES string of the molecule is COC(=O)c1nn(-c2nc(-c3ccco3)cc(C(F)(F)F)n2)cc1[N+](=O)[O-]. The molecule has 0 fully saturated rings. The van der Waals surface area contributed by atoms with Gasteiger partial charge in [0.05, 0.1) is 18.3 Å². The number of carbonyl (C=O) groups is 1. The molecule has 3 aromatic heterocycles. The number of alkyl halides is 3. The first kappa shape index (κ1) is 18.0. The van der Waals surface area contributed by atoms with Crippen LogP contribution in [0.25, 0.3) is 17.4 Å². The van der Waals surface area contributed by atoms with Crippen LogP contribution < -0.4 is 0 Å². The Balaban J connectivity index is 2.21. The van der Waals surface area contributed by atoms with Crippen LogP contribution in [0.5, 0.6) is 0 Å². The van der Waals surface area contributed by atoms with Crippen LogP contribution >= 0.6 is 0 Å². The second kappa shape index (κ2) is 6.51. The molecule has 0 radical (unpaired) electrons. The van der Waals surface area contributed by atoms with Crippen LogP contribution in [0.1, 0.15) is 16.2 Å². The highest BCUT2D eigenvalue weighted by Crippen LogP contribution is 2.31. The van der Waals surface area contributed by atoms with E-state index in [-0.39, 0.29) is 11.5 Å². The summed E-state index contributed by atoms with van der Waals surface area (Å²) >= 11 is 0. The predicted molar refractivity (Wildman–Crippen MR) is 79.9 cm³/mol. The van der Waals surface area contributed by atoms with Crippen molar-refractivity contribution in [2.24, 2.45) is 0 Å². The molecule has 0 aromatic carbocycles. The summed E-state index contributed by atoms with van der Waals surface area (Å²) in [7, 11) is 0.973. The number of halogens is 3. The van der Waals surface area contributed by atoms with E-state index in [1.54, 1.807) is 0 Å². The lowest BCUT2D eigenvalue weighted by Gasteiger charge is -2.09. The molecule has 0 saturated carbocycles. The van der Waals surface area contributed by atoms with Crippen molar-refractivity contribution in [3.05, 3.63) is 52.2 Å². The minimum Gasteiger partial charge on any atom is -0.464 e. The van der Waals surface area contributed by atoms with Gasteiger partial charge in [0, 0.05) is 0 Å². The number of furan rings is 1. The zero-order valence-electron chi connectivity index (χ0n) is 13.3. The first-order chi connectivity index (χ1) is 12.7. The van der Waals surface area contributed by atoms with Crippen molar-refractivity contribution in [2.75, 3.05) is 7.11 Å². The topological polar surface area (TPSA) is 126 Å². The average Bonchev–Trinajstić information content (AvgIpc) is 3.29. The molecule has 0 aliphatic carbocycles. The first-order valence-electron chi connectivity index (χ1n) is 7.03. The Morgan fingerprint density at radius 3 is 2.67 bits per heavy atom. The van der Waals surface area contributed by atoms with Crippen molar-refractivity contribution >= 4 is 11.7 Å². The molecule has 0 unspecified atom stereocenters. The lowest BCUT2D eigenvalue weighted by molar-refractivity contribution is -0.385. The van der Waals surface area contributed by atoms with Crippen LogP contribution in [-0.2, 0) is 10.9 Å². The van der Waals surface area contributed by atoms with Crippen LogP contribution in [0, 0.1) is 10.1 Å². The number of methoxy groups -OCH3 is 1. The second-order valence-corrected chi connectivity index (χ2v) is 4.97. The maximum Gasteiger partial charge on any atom is 0.433 e. The number of hydrogen-bond donors (Lipinski definition) is 0. The molecule has 0 amide bonds. The van der Waals surface area contributed by atoms with E-state index in [0.717, 1.165) is 7.11 Å². The fourth-order valence-electron chi connectivity index (χ4n) is 2.08. The molecule has 0 aliphatic heterocycles. The summed E-state index contributed by atoms with van der Waals surface area (Å²) in [5, 5.41) is 14.7. The highest BCUT2D eigenvalue weighted by Gasteiger charge is 2.35. The molecule has 0 saturated heterocycles. The van der Waals surface area contributed by atoms with Crippen LogP contribution in [0.15, 0.2) is 35.1 Å². The number of nitro groups is 1. The zero-order chi connectivity index (χ0) is 19.8. The van der Waals surface area contributed by atoms with E-state index >= 15 is 0 Å². The zero-order valence-corrected chi connectivity index (χ0v) is 13.3. The molecule has 0 atom stereocenters. The molecule has 0 spiro atoms. The maximum atomic E-state index is 13.2. The molecule has 0 bridgehead atoms. The Hall–Kier alpha value is -3.77. The van der Waals surface area contributed by atoms with E-state index in [2.05, 4.69) is 19.8 Å². The summed E-state index contributed by atoms with van der Waals surface area (Å²) in [6.45, 7) is 0. The molecule has 0 N–H and O–H groups in total.